The van der Waals surface area contributed by atoms with Gasteiger partial charge in [0.25, 0.3) is 0 Å². The van der Waals surface area contributed by atoms with Gasteiger partial charge in [-0.1, -0.05) is 30.3 Å². The predicted molar refractivity (Wildman–Crippen MR) is 134 cm³/mol. The zero-order valence-electron chi connectivity index (χ0n) is 20.2. The van der Waals surface area contributed by atoms with Gasteiger partial charge in [-0.25, -0.2) is 4.79 Å². The molecule has 0 heterocycles. The Kier molecular flexibility index (Phi) is 13.7. The van der Waals surface area contributed by atoms with E-state index in [1.165, 1.54) is 11.8 Å². The average molecular weight is 541 g/mol. The second-order valence-corrected chi connectivity index (χ2v) is 9.12. The first-order chi connectivity index (χ1) is 17.4. The Balaban J connectivity index is 2.94. The number of amides is 3. The molecule has 1 aromatic carbocycles. The molecule has 0 saturated carbocycles. The van der Waals surface area contributed by atoms with Gasteiger partial charge in [-0.05, 0) is 36.8 Å². The number of aliphatic carboxylic acids is 3. The third-order valence-electron chi connectivity index (χ3n) is 5.15. The fourth-order valence-electron chi connectivity index (χ4n) is 3.20. The number of nitrogens with two attached hydrogens (primary N) is 1. The molecular weight excluding hydrogens is 508 g/mol. The lowest BCUT2D eigenvalue weighted by Crippen LogP contribution is -2.57. The van der Waals surface area contributed by atoms with Crippen molar-refractivity contribution in [2.45, 2.75) is 56.3 Å². The van der Waals surface area contributed by atoms with Gasteiger partial charge in [-0.2, -0.15) is 11.8 Å². The fourth-order valence-corrected chi connectivity index (χ4v) is 3.67. The van der Waals surface area contributed by atoms with Crippen molar-refractivity contribution in [3.63, 3.8) is 0 Å². The van der Waals surface area contributed by atoms with Crippen LogP contribution in [-0.4, -0.2) is 87.1 Å². The summed E-state index contributed by atoms with van der Waals surface area (Å²) in [5.74, 6) is -6.41. The lowest BCUT2D eigenvalue weighted by molar-refractivity contribution is -0.144. The first-order valence-corrected chi connectivity index (χ1v) is 12.7. The molecule has 0 saturated heterocycles. The lowest BCUT2D eigenvalue weighted by Gasteiger charge is -2.24. The third kappa shape index (κ3) is 12.2. The Labute approximate surface area is 217 Å². The van der Waals surface area contributed by atoms with Crippen LogP contribution in [-0.2, 0) is 35.2 Å². The molecule has 1 rings (SSSR count). The number of carboxylic acids is 3. The van der Waals surface area contributed by atoms with Crippen molar-refractivity contribution in [2.75, 3.05) is 12.0 Å². The monoisotopic (exact) mass is 540 g/mol. The van der Waals surface area contributed by atoms with E-state index in [9.17, 15) is 39.0 Å². The fraction of sp³-hybridized carbons (Fsp3) is 0.478. The van der Waals surface area contributed by atoms with Crippen LogP contribution in [0.4, 0.5) is 0 Å². The molecule has 0 fully saturated rings. The summed E-state index contributed by atoms with van der Waals surface area (Å²) in [7, 11) is 0. The molecule has 0 spiro atoms. The Morgan fingerprint density at radius 1 is 0.811 bits per heavy atom. The zero-order chi connectivity index (χ0) is 28.0. The molecule has 0 radical (unpaired) electrons. The van der Waals surface area contributed by atoms with Crippen LogP contribution in [0.1, 0.15) is 31.2 Å². The van der Waals surface area contributed by atoms with E-state index in [1.807, 2.05) is 6.07 Å². The molecule has 0 aliphatic rings. The SMILES string of the molecule is CSCCC(NC(=O)C(N)Cc1ccccc1)C(=O)NC(CC(=O)O)C(=O)NC(CCC(=O)O)C(=O)O. The lowest BCUT2D eigenvalue weighted by atomic mass is 10.1. The van der Waals surface area contributed by atoms with Gasteiger partial charge < -0.3 is 37.0 Å². The number of rotatable bonds is 17. The number of hydrogen-bond donors (Lipinski definition) is 7. The minimum Gasteiger partial charge on any atom is -0.481 e. The molecule has 0 aromatic heterocycles. The molecule has 0 bridgehead atoms. The van der Waals surface area contributed by atoms with E-state index in [0.717, 1.165) is 5.56 Å². The van der Waals surface area contributed by atoms with Crippen molar-refractivity contribution in [2.24, 2.45) is 5.73 Å². The van der Waals surface area contributed by atoms with E-state index in [2.05, 4.69) is 16.0 Å². The number of carboxylic acid groups (broad SMARTS) is 3. The van der Waals surface area contributed by atoms with Crippen molar-refractivity contribution >= 4 is 47.4 Å². The first-order valence-electron chi connectivity index (χ1n) is 11.3. The first kappa shape index (κ1) is 31.4. The van der Waals surface area contributed by atoms with Crippen LogP contribution in [0, 0.1) is 0 Å². The van der Waals surface area contributed by atoms with Gasteiger partial charge in [-0.15, -0.1) is 0 Å². The van der Waals surface area contributed by atoms with Gasteiger partial charge in [0, 0.05) is 6.42 Å². The summed E-state index contributed by atoms with van der Waals surface area (Å²) in [6, 6.07) is 3.57. The third-order valence-corrected chi connectivity index (χ3v) is 5.80. The van der Waals surface area contributed by atoms with Crippen molar-refractivity contribution in [1.82, 2.24) is 16.0 Å². The van der Waals surface area contributed by atoms with Crippen LogP contribution in [0.3, 0.4) is 0 Å². The highest BCUT2D eigenvalue weighted by molar-refractivity contribution is 7.98. The Morgan fingerprint density at radius 3 is 1.92 bits per heavy atom. The quantitative estimate of drug-likeness (QED) is 0.129. The molecule has 37 heavy (non-hydrogen) atoms. The molecule has 8 N–H and O–H groups in total. The maximum Gasteiger partial charge on any atom is 0.326 e. The van der Waals surface area contributed by atoms with Gasteiger partial charge in [0.1, 0.15) is 18.1 Å². The van der Waals surface area contributed by atoms with Crippen molar-refractivity contribution in [3.05, 3.63) is 35.9 Å². The van der Waals surface area contributed by atoms with Crippen LogP contribution in [0.25, 0.3) is 0 Å². The summed E-state index contributed by atoms with van der Waals surface area (Å²) < 4.78 is 0. The van der Waals surface area contributed by atoms with E-state index < -0.39 is 79.1 Å². The molecule has 204 valence electrons. The van der Waals surface area contributed by atoms with Crippen molar-refractivity contribution < 1.29 is 44.1 Å². The summed E-state index contributed by atoms with van der Waals surface area (Å²) in [4.78, 5) is 71.7. The van der Waals surface area contributed by atoms with Gasteiger partial charge in [0.15, 0.2) is 0 Å². The van der Waals surface area contributed by atoms with E-state index in [0.29, 0.717) is 5.75 Å². The highest BCUT2D eigenvalue weighted by Crippen LogP contribution is 2.07. The number of nitrogens with one attached hydrogen (secondary N) is 3. The molecule has 13 nitrogen and oxygen atoms in total. The number of carbonyl (C=O) groups is 6. The largest absolute Gasteiger partial charge is 0.481 e. The molecule has 3 amide bonds. The number of carbonyl (C=O) groups excluding carboxylic acids is 3. The van der Waals surface area contributed by atoms with Crippen LogP contribution in [0.5, 0.6) is 0 Å². The molecule has 0 aliphatic carbocycles. The molecule has 4 unspecified atom stereocenters. The second kappa shape index (κ2) is 16.2. The molecule has 4 atom stereocenters. The summed E-state index contributed by atoms with van der Waals surface area (Å²) in [6.07, 6.45) is 0.255. The summed E-state index contributed by atoms with van der Waals surface area (Å²) in [5, 5.41) is 34.1. The topological polar surface area (TPSA) is 225 Å². The summed E-state index contributed by atoms with van der Waals surface area (Å²) in [5.41, 5.74) is 6.80. The van der Waals surface area contributed by atoms with Crippen LogP contribution in [0.15, 0.2) is 30.3 Å². The van der Waals surface area contributed by atoms with Crippen LogP contribution >= 0.6 is 11.8 Å². The van der Waals surface area contributed by atoms with Crippen molar-refractivity contribution in [1.29, 1.82) is 0 Å². The predicted octanol–water partition coefficient (Wildman–Crippen LogP) is -0.812. The number of benzene rings is 1. The molecular formula is C23H32N4O9S. The Bertz CT molecular complexity index is 961. The maximum absolute atomic E-state index is 13.0. The standard InChI is InChI=1S/C23H32N4O9S/c1-37-10-9-15(25-20(32)14(24)11-13-5-3-2-4-6-13)21(33)27-17(12-19(30)31)22(34)26-16(23(35)36)7-8-18(28)29/h2-6,14-17H,7-12,24H2,1H3,(H,25,32)(H,26,34)(H,27,33)(H,28,29)(H,30,31)(H,35,36). The van der Waals surface area contributed by atoms with Gasteiger partial charge in [0.05, 0.1) is 12.5 Å². The van der Waals surface area contributed by atoms with Gasteiger partial charge >= 0.3 is 17.9 Å². The summed E-state index contributed by atoms with van der Waals surface area (Å²) >= 11 is 1.39. The zero-order valence-corrected chi connectivity index (χ0v) is 21.0. The minimum atomic E-state index is -1.68. The van der Waals surface area contributed by atoms with E-state index in [1.54, 1.807) is 30.5 Å². The molecule has 1 aromatic rings. The normalized spacial score (nSPS) is 13.9. The molecule has 14 heteroatoms. The van der Waals surface area contributed by atoms with Crippen LogP contribution in [0.2, 0.25) is 0 Å². The Hall–Kier alpha value is -3.65. The smallest absolute Gasteiger partial charge is 0.326 e. The number of hydrogen-bond acceptors (Lipinski definition) is 8. The molecule has 0 aliphatic heterocycles. The highest BCUT2D eigenvalue weighted by Gasteiger charge is 2.31. The van der Waals surface area contributed by atoms with Crippen LogP contribution < -0.4 is 21.7 Å². The highest BCUT2D eigenvalue weighted by atomic mass is 32.2. The number of thioether (sulfide) groups is 1. The minimum absolute atomic E-state index is 0.147. The average Bonchev–Trinajstić information content (AvgIpc) is 2.83. The van der Waals surface area contributed by atoms with E-state index in [4.69, 9.17) is 10.8 Å². The summed E-state index contributed by atoms with van der Waals surface area (Å²) in [6.45, 7) is 0. The van der Waals surface area contributed by atoms with Crippen molar-refractivity contribution in [3.8, 4) is 0 Å². The van der Waals surface area contributed by atoms with E-state index in [-0.39, 0.29) is 12.8 Å². The van der Waals surface area contributed by atoms with Gasteiger partial charge in [0.2, 0.25) is 17.7 Å². The second-order valence-electron chi connectivity index (χ2n) is 8.13. The van der Waals surface area contributed by atoms with E-state index >= 15 is 0 Å². The van der Waals surface area contributed by atoms with Gasteiger partial charge in [-0.3, -0.25) is 24.0 Å². The maximum atomic E-state index is 13.0. The Morgan fingerprint density at radius 2 is 1.38 bits per heavy atom.